The number of halogens is 2. The predicted octanol–water partition coefficient (Wildman–Crippen LogP) is 15.1. The van der Waals surface area contributed by atoms with Gasteiger partial charge in [0.05, 0.1) is 41.4 Å². The number of rotatable bonds is 9. The lowest BCUT2D eigenvalue weighted by Gasteiger charge is -2.16. The fraction of sp³-hybridized carbons (Fsp3) is 0.145. The molecule has 0 saturated heterocycles. The van der Waals surface area contributed by atoms with Gasteiger partial charge in [0.25, 0.3) is 0 Å². The van der Waals surface area contributed by atoms with Crippen molar-refractivity contribution in [2.75, 3.05) is 0 Å². The average Bonchev–Trinajstić information content (AvgIpc) is 4.27. The Balaban J connectivity index is 0.000000147. The molecule has 0 unspecified atom stereocenters. The minimum absolute atomic E-state index is 0. The number of carboxylic acid groups (broad SMARTS) is 2. The number of nitrogens with one attached hydrogen (secondary N) is 1. The molecule has 0 aliphatic carbocycles. The van der Waals surface area contributed by atoms with Crippen molar-refractivity contribution in [3.8, 4) is 44.8 Å². The molecule has 0 bridgehead atoms. The molecular weight excluding hydrogens is 931 g/mol. The highest BCUT2D eigenvalue weighted by atomic mass is 19.1. The van der Waals surface area contributed by atoms with Crippen LogP contribution in [-0.4, -0.2) is 53.9 Å². The van der Waals surface area contributed by atoms with E-state index in [4.69, 9.17) is 0 Å². The Hall–Kier alpha value is -9.03. The number of benzene rings is 7. The largest absolute Gasteiger partial charge is 0.478 e. The van der Waals surface area contributed by atoms with Gasteiger partial charge in [0.2, 0.25) is 0 Å². The van der Waals surface area contributed by atoms with Crippen molar-refractivity contribution < 1.29 is 28.6 Å². The van der Waals surface area contributed by atoms with Crippen molar-refractivity contribution in [2.45, 2.75) is 60.0 Å². The van der Waals surface area contributed by atoms with Crippen molar-refractivity contribution in [1.29, 1.82) is 0 Å². The Morgan fingerprint density at radius 3 is 1.36 bits per heavy atom. The molecule has 10 aromatic rings. The standard InChI is InChI=1S/C26H21FN2O2.C26H22N2O2.C9H7FN2.CH4/c1-15(2)25-24(16-3-5-17(6-4-16)26(30)31)22-11-18-13-28-14-19(18)12-23(22)29(25)21-9-7-20(27)8-10-21;1-16(2)25-24(17-8-10-18(11-9-17)26(29)30)22-12-19-14-27-15-20(19)13-23(22)28(25)21-6-4-3-5-7-21;10-9-3-1-7(2-4-9)8-5-11-12-6-8;/h3-12,14-15H,13H2,1-2H3,(H,30,31);3-13,15-16H,14H2,1-2H3,(H,29,30);1-6H,(H,11,12);1H4. The summed E-state index contributed by atoms with van der Waals surface area (Å²) in [5.41, 5.74) is 17.9. The van der Waals surface area contributed by atoms with Gasteiger partial charge in [-0.2, -0.15) is 5.10 Å². The van der Waals surface area contributed by atoms with Crippen molar-refractivity contribution in [1.82, 2.24) is 19.3 Å². The maximum absolute atomic E-state index is 13.7. The number of carbonyl (C=O) groups is 2. The van der Waals surface area contributed by atoms with E-state index >= 15 is 0 Å². The van der Waals surface area contributed by atoms with Crippen LogP contribution in [0.2, 0.25) is 0 Å². The van der Waals surface area contributed by atoms with Gasteiger partial charge in [-0.25, -0.2) is 18.4 Å². The van der Waals surface area contributed by atoms with E-state index in [1.807, 2.05) is 42.8 Å². The van der Waals surface area contributed by atoms with Gasteiger partial charge in [0, 0.05) is 68.9 Å². The number of aromatic nitrogens is 4. The first-order valence-electron chi connectivity index (χ1n) is 24.0. The van der Waals surface area contributed by atoms with Crippen LogP contribution in [0, 0.1) is 11.6 Å². The van der Waals surface area contributed by atoms with Crippen LogP contribution in [0.4, 0.5) is 8.78 Å². The second kappa shape index (κ2) is 21.0. The van der Waals surface area contributed by atoms with E-state index in [0.717, 1.165) is 72.4 Å². The minimum Gasteiger partial charge on any atom is -0.478 e. The summed E-state index contributed by atoms with van der Waals surface area (Å²) in [5, 5.41) is 27.4. The molecular formula is C62H54F2N6O4. The number of carboxylic acids is 2. The van der Waals surface area contributed by atoms with Crippen LogP contribution in [0.3, 0.4) is 0 Å². The molecule has 0 atom stereocenters. The van der Waals surface area contributed by atoms with Crippen LogP contribution in [0.1, 0.15) is 101 Å². The lowest BCUT2D eigenvalue weighted by Crippen LogP contribution is -2.03. The quantitative estimate of drug-likeness (QED) is 0.132. The molecule has 2 aliphatic heterocycles. The predicted molar refractivity (Wildman–Crippen MR) is 293 cm³/mol. The van der Waals surface area contributed by atoms with Crippen LogP contribution in [-0.2, 0) is 13.1 Å². The highest BCUT2D eigenvalue weighted by Gasteiger charge is 2.26. The molecule has 0 amide bonds. The first-order valence-corrected chi connectivity index (χ1v) is 24.0. The van der Waals surface area contributed by atoms with Crippen molar-refractivity contribution in [3.63, 3.8) is 0 Å². The summed E-state index contributed by atoms with van der Waals surface area (Å²) >= 11 is 0. The molecule has 3 N–H and O–H groups in total. The van der Waals surface area contributed by atoms with Gasteiger partial charge in [-0.3, -0.25) is 15.1 Å². The van der Waals surface area contributed by atoms with E-state index in [2.05, 4.69) is 106 Å². The SMILES string of the molecule is C.CC(C)c1c(-c2ccc(C(=O)O)cc2)c2cc3c(cc2n1-c1ccc(F)cc1)C=NC3.CC(C)c1c(-c2ccc(C(=O)O)cc2)c2cc3c(cc2n1-c1ccccc1)C=NC3.Fc1ccc(-c2cn[nH]c2)cc1. The van der Waals surface area contributed by atoms with E-state index in [1.54, 1.807) is 60.9 Å². The third-order valence-corrected chi connectivity index (χ3v) is 13.2. The molecule has 12 rings (SSSR count). The van der Waals surface area contributed by atoms with Gasteiger partial charge in [0.15, 0.2) is 0 Å². The molecule has 0 fully saturated rings. The summed E-state index contributed by atoms with van der Waals surface area (Å²) < 4.78 is 30.7. The van der Waals surface area contributed by atoms with Crippen molar-refractivity contribution >= 4 is 46.2 Å². The lowest BCUT2D eigenvalue weighted by atomic mass is 9.95. The number of aromatic amines is 1. The third-order valence-electron chi connectivity index (χ3n) is 13.2. The monoisotopic (exact) mass is 984 g/mol. The Bertz CT molecular complexity index is 3720. The molecule has 2 aliphatic rings. The third kappa shape index (κ3) is 9.69. The summed E-state index contributed by atoms with van der Waals surface area (Å²) in [6, 6.07) is 46.3. The van der Waals surface area contributed by atoms with Gasteiger partial charge in [0.1, 0.15) is 11.6 Å². The van der Waals surface area contributed by atoms with Gasteiger partial charge < -0.3 is 19.3 Å². The van der Waals surface area contributed by atoms with E-state index in [1.165, 1.54) is 52.0 Å². The first kappa shape index (κ1) is 49.9. The molecule has 7 aromatic carbocycles. The smallest absolute Gasteiger partial charge is 0.335 e. The molecule has 370 valence electrons. The zero-order valence-electron chi connectivity index (χ0n) is 40.5. The Kier molecular flexibility index (Phi) is 14.2. The molecule has 12 heteroatoms. The number of aromatic carboxylic acids is 2. The highest BCUT2D eigenvalue weighted by Crippen LogP contribution is 2.44. The second-order valence-electron chi connectivity index (χ2n) is 18.6. The topological polar surface area (TPSA) is 138 Å². The number of nitrogens with zero attached hydrogens (tertiary/aromatic N) is 5. The summed E-state index contributed by atoms with van der Waals surface area (Å²) in [6.07, 6.45) is 7.32. The van der Waals surface area contributed by atoms with Gasteiger partial charge in [-0.05, 0) is 148 Å². The van der Waals surface area contributed by atoms with Crippen molar-refractivity contribution in [3.05, 3.63) is 220 Å². The number of fused-ring (bicyclic) bond motifs is 4. The maximum atomic E-state index is 13.7. The number of hydrogen-bond acceptors (Lipinski definition) is 5. The minimum atomic E-state index is -0.945. The van der Waals surface area contributed by atoms with Gasteiger partial charge in [-0.15, -0.1) is 0 Å². The Morgan fingerprint density at radius 2 is 0.959 bits per heavy atom. The first-order chi connectivity index (χ1) is 35.3. The molecule has 10 nitrogen and oxygen atoms in total. The zero-order chi connectivity index (χ0) is 50.9. The highest BCUT2D eigenvalue weighted by molar-refractivity contribution is 6.05. The fourth-order valence-electron chi connectivity index (χ4n) is 9.86. The van der Waals surface area contributed by atoms with Gasteiger partial charge in [-0.1, -0.05) is 89.7 Å². The maximum Gasteiger partial charge on any atom is 0.335 e. The van der Waals surface area contributed by atoms with Crippen LogP contribution in [0.5, 0.6) is 0 Å². The summed E-state index contributed by atoms with van der Waals surface area (Å²) in [4.78, 5) is 31.5. The number of H-pyrrole nitrogens is 1. The Morgan fingerprint density at radius 1 is 0.541 bits per heavy atom. The van der Waals surface area contributed by atoms with E-state index in [9.17, 15) is 28.6 Å². The zero-order valence-corrected chi connectivity index (χ0v) is 40.5. The van der Waals surface area contributed by atoms with E-state index in [-0.39, 0.29) is 36.5 Å². The summed E-state index contributed by atoms with van der Waals surface area (Å²) in [5.74, 6) is -1.90. The summed E-state index contributed by atoms with van der Waals surface area (Å²) in [6.45, 7) is 10.0. The van der Waals surface area contributed by atoms with Crippen LogP contribution in [0.25, 0.3) is 66.6 Å². The normalized spacial score (nSPS) is 12.1. The molecule has 3 aromatic heterocycles. The number of aliphatic imine (C=N–C) groups is 2. The van der Waals surface area contributed by atoms with E-state index in [0.29, 0.717) is 18.7 Å². The van der Waals surface area contributed by atoms with Crippen molar-refractivity contribution in [2.24, 2.45) is 9.98 Å². The van der Waals surface area contributed by atoms with Crippen LogP contribution >= 0.6 is 0 Å². The number of para-hydroxylation sites is 1. The second-order valence-corrected chi connectivity index (χ2v) is 18.6. The Labute approximate surface area is 427 Å². The molecule has 74 heavy (non-hydrogen) atoms. The fourth-order valence-corrected chi connectivity index (χ4v) is 9.86. The molecule has 0 spiro atoms. The molecule has 0 saturated carbocycles. The summed E-state index contributed by atoms with van der Waals surface area (Å²) in [7, 11) is 0. The van der Waals surface area contributed by atoms with Crippen LogP contribution in [0.15, 0.2) is 174 Å². The van der Waals surface area contributed by atoms with Gasteiger partial charge >= 0.3 is 11.9 Å². The molecule has 0 radical (unpaired) electrons. The van der Waals surface area contributed by atoms with E-state index < -0.39 is 11.9 Å². The average molecular weight is 985 g/mol. The number of hydrogen-bond donors (Lipinski definition) is 3. The molecule has 5 heterocycles. The van der Waals surface area contributed by atoms with Crippen LogP contribution < -0.4 is 0 Å². The lowest BCUT2D eigenvalue weighted by molar-refractivity contribution is 0.0686.